The lowest BCUT2D eigenvalue weighted by Crippen LogP contribution is -2.56. The van der Waals surface area contributed by atoms with E-state index in [1.54, 1.807) is 55.5 Å². The van der Waals surface area contributed by atoms with E-state index in [4.69, 9.17) is 16.3 Å². The van der Waals surface area contributed by atoms with Crippen molar-refractivity contribution in [3.8, 4) is 11.9 Å². The van der Waals surface area contributed by atoms with Crippen LogP contribution in [0.25, 0.3) is 0 Å². The molecular weight excluding hydrogens is 507 g/mol. The minimum absolute atomic E-state index is 0.0856. The van der Waals surface area contributed by atoms with Crippen molar-refractivity contribution in [2.75, 3.05) is 0 Å². The number of halogens is 4. The van der Waals surface area contributed by atoms with Crippen molar-refractivity contribution in [3.05, 3.63) is 94.1 Å². The summed E-state index contributed by atoms with van der Waals surface area (Å²) in [6, 6.07) is 16.3. The minimum atomic E-state index is -4.55. The van der Waals surface area contributed by atoms with Crippen molar-refractivity contribution in [1.82, 2.24) is 10.3 Å². The SMILES string of the molecule is C[C@@H](NC(=O)C(C)(C)Oc1ccc(C(F)(F)F)cn1)C(O)(Cc1ccc(Cl)cc1)c1cccc(C#N)c1. The van der Waals surface area contributed by atoms with E-state index in [9.17, 15) is 28.3 Å². The summed E-state index contributed by atoms with van der Waals surface area (Å²) in [4.78, 5) is 16.8. The Morgan fingerprint density at radius 3 is 2.38 bits per heavy atom. The van der Waals surface area contributed by atoms with E-state index in [-0.39, 0.29) is 12.3 Å². The Morgan fingerprint density at radius 2 is 1.81 bits per heavy atom. The normalized spacial score (nSPS) is 14.2. The zero-order chi connectivity index (χ0) is 27.4. The van der Waals surface area contributed by atoms with Crippen LogP contribution in [0, 0.1) is 11.3 Å². The third-order valence-electron chi connectivity index (χ3n) is 5.91. The van der Waals surface area contributed by atoms with E-state index in [1.807, 2.05) is 6.07 Å². The van der Waals surface area contributed by atoms with E-state index in [0.29, 0.717) is 22.3 Å². The maximum Gasteiger partial charge on any atom is 0.417 e. The van der Waals surface area contributed by atoms with Gasteiger partial charge >= 0.3 is 6.18 Å². The largest absolute Gasteiger partial charge is 0.462 e. The van der Waals surface area contributed by atoms with Crippen LogP contribution in [-0.2, 0) is 23.0 Å². The van der Waals surface area contributed by atoms with E-state index in [0.717, 1.165) is 17.7 Å². The molecule has 0 saturated heterocycles. The predicted molar refractivity (Wildman–Crippen MR) is 132 cm³/mol. The Kier molecular flexibility index (Phi) is 8.16. The van der Waals surface area contributed by atoms with Crippen LogP contribution >= 0.6 is 11.6 Å². The number of amides is 1. The smallest absolute Gasteiger partial charge is 0.417 e. The number of ether oxygens (including phenoxy) is 1. The van der Waals surface area contributed by atoms with Crippen LogP contribution in [0.1, 0.15) is 43.0 Å². The van der Waals surface area contributed by atoms with E-state index < -0.39 is 34.9 Å². The second-order valence-electron chi connectivity index (χ2n) is 9.11. The van der Waals surface area contributed by atoms with Gasteiger partial charge in [0.25, 0.3) is 5.91 Å². The van der Waals surface area contributed by atoms with Crippen molar-refractivity contribution in [2.24, 2.45) is 0 Å². The molecule has 194 valence electrons. The summed E-state index contributed by atoms with van der Waals surface area (Å²) < 4.78 is 44.0. The molecule has 3 rings (SSSR count). The Bertz CT molecular complexity index is 1290. The van der Waals surface area contributed by atoms with Gasteiger partial charge in [-0.05, 0) is 62.2 Å². The Labute approximate surface area is 217 Å². The molecule has 0 saturated carbocycles. The fraction of sp³-hybridized carbons (Fsp3) is 0.296. The van der Waals surface area contributed by atoms with Gasteiger partial charge in [0, 0.05) is 23.7 Å². The number of alkyl halides is 3. The first kappa shape index (κ1) is 28.0. The van der Waals surface area contributed by atoms with Gasteiger partial charge in [-0.2, -0.15) is 18.4 Å². The number of pyridine rings is 1. The zero-order valence-corrected chi connectivity index (χ0v) is 21.1. The van der Waals surface area contributed by atoms with Gasteiger partial charge in [0.2, 0.25) is 5.88 Å². The summed E-state index contributed by atoms with van der Waals surface area (Å²) in [5.41, 5.74) is -2.64. The van der Waals surface area contributed by atoms with Gasteiger partial charge in [0.05, 0.1) is 23.2 Å². The molecule has 0 bridgehead atoms. The standard InChI is InChI=1S/C27H25ClF3N3O3/c1-17(34-24(35)25(2,3)37-23-12-9-21(16-33-23)27(29,30)31)26(36,14-18-7-10-22(28)11-8-18)20-6-4-5-19(13-20)15-32/h4-13,16-17,36H,14H2,1-3H3,(H,34,35)/t17-,26?/m1/s1. The molecule has 2 aromatic carbocycles. The number of hydrogen-bond donors (Lipinski definition) is 2. The van der Waals surface area contributed by atoms with Crippen molar-refractivity contribution in [2.45, 2.75) is 50.6 Å². The van der Waals surface area contributed by atoms with E-state index >= 15 is 0 Å². The summed E-state index contributed by atoms with van der Waals surface area (Å²) in [7, 11) is 0. The van der Waals surface area contributed by atoms with Gasteiger partial charge in [-0.1, -0.05) is 35.9 Å². The first-order valence-electron chi connectivity index (χ1n) is 11.3. The topological polar surface area (TPSA) is 95.2 Å². The Morgan fingerprint density at radius 1 is 1.14 bits per heavy atom. The number of nitrogens with one attached hydrogen (secondary N) is 1. The first-order valence-corrected chi connectivity index (χ1v) is 11.6. The summed E-state index contributed by atoms with van der Waals surface area (Å²) in [5.74, 6) is -0.799. The predicted octanol–water partition coefficient (Wildman–Crippen LogP) is 5.42. The van der Waals surface area contributed by atoms with Crippen molar-refractivity contribution in [1.29, 1.82) is 5.26 Å². The highest BCUT2D eigenvalue weighted by atomic mass is 35.5. The molecule has 1 aromatic heterocycles. The molecule has 37 heavy (non-hydrogen) atoms. The maximum atomic E-state index is 13.2. The van der Waals surface area contributed by atoms with Gasteiger partial charge in [-0.15, -0.1) is 0 Å². The maximum absolute atomic E-state index is 13.2. The van der Waals surface area contributed by atoms with E-state index in [2.05, 4.69) is 10.3 Å². The summed E-state index contributed by atoms with van der Waals surface area (Å²) in [5, 5.41) is 24.5. The Balaban J connectivity index is 1.85. The number of rotatable bonds is 8. The van der Waals surface area contributed by atoms with Crippen LogP contribution in [0.15, 0.2) is 66.9 Å². The molecule has 0 aliphatic rings. The highest BCUT2D eigenvalue weighted by Gasteiger charge is 2.40. The number of aliphatic hydroxyl groups is 1. The third-order valence-corrected chi connectivity index (χ3v) is 6.16. The highest BCUT2D eigenvalue weighted by molar-refractivity contribution is 6.30. The first-order chi connectivity index (χ1) is 17.2. The molecule has 1 amide bonds. The average molecular weight is 532 g/mol. The molecule has 2 atom stereocenters. The molecule has 3 aromatic rings. The van der Waals surface area contributed by atoms with Gasteiger partial charge in [0.1, 0.15) is 5.60 Å². The molecule has 0 aliphatic heterocycles. The average Bonchev–Trinajstić information content (AvgIpc) is 2.84. The van der Waals surface area contributed by atoms with Gasteiger partial charge in [-0.25, -0.2) is 4.98 Å². The lowest BCUT2D eigenvalue weighted by atomic mass is 9.81. The molecule has 0 aliphatic carbocycles. The monoisotopic (exact) mass is 531 g/mol. The van der Waals surface area contributed by atoms with Crippen LogP contribution in [0.2, 0.25) is 5.02 Å². The molecule has 0 radical (unpaired) electrons. The number of hydrogen-bond acceptors (Lipinski definition) is 5. The number of carbonyl (C=O) groups excluding carboxylic acids is 1. The summed E-state index contributed by atoms with van der Waals surface area (Å²) in [6.07, 6.45) is -3.84. The molecule has 10 heteroatoms. The number of benzene rings is 2. The highest BCUT2D eigenvalue weighted by Crippen LogP contribution is 2.32. The number of nitriles is 1. The molecule has 1 heterocycles. The van der Waals surface area contributed by atoms with Crippen LogP contribution in [0.4, 0.5) is 13.2 Å². The van der Waals surface area contributed by atoms with Gasteiger partial charge < -0.3 is 15.2 Å². The summed E-state index contributed by atoms with van der Waals surface area (Å²) in [6.45, 7) is 4.48. The quantitative estimate of drug-likeness (QED) is 0.405. The number of aromatic nitrogens is 1. The Hall–Kier alpha value is -3.61. The number of nitrogens with zero attached hydrogens (tertiary/aromatic N) is 2. The molecule has 0 spiro atoms. The zero-order valence-electron chi connectivity index (χ0n) is 20.3. The fourth-order valence-electron chi connectivity index (χ4n) is 3.68. The number of carbonyl (C=O) groups is 1. The van der Waals surface area contributed by atoms with E-state index in [1.165, 1.54) is 13.8 Å². The van der Waals surface area contributed by atoms with Crippen molar-refractivity contribution >= 4 is 17.5 Å². The van der Waals surface area contributed by atoms with Crippen LogP contribution < -0.4 is 10.1 Å². The second-order valence-corrected chi connectivity index (χ2v) is 9.55. The lowest BCUT2D eigenvalue weighted by Gasteiger charge is -2.37. The van der Waals surface area contributed by atoms with Gasteiger partial charge in [0.15, 0.2) is 5.60 Å². The second kappa shape index (κ2) is 10.8. The van der Waals surface area contributed by atoms with Crippen LogP contribution in [-0.4, -0.2) is 27.6 Å². The molecule has 2 N–H and O–H groups in total. The molecule has 1 unspecified atom stereocenters. The van der Waals surface area contributed by atoms with Crippen molar-refractivity contribution in [3.63, 3.8) is 0 Å². The van der Waals surface area contributed by atoms with Crippen molar-refractivity contribution < 1.29 is 27.8 Å². The third kappa shape index (κ3) is 6.79. The minimum Gasteiger partial charge on any atom is -0.462 e. The molecule has 6 nitrogen and oxygen atoms in total. The van der Waals surface area contributed by atoms with Crippen LogP contribution in [0.5, 0.6) is 5.88 Å². The molecule has 0 fully saturated rings. The van der Waals surface area contributed by atoms with Crippen LogP contribution in [0.3, 0.4) is 0 Å². The fourth-order valence-corrected chi connectivity index (χ4v) is 3.81. The summed E-state index contributed by atoms with van der Waals surface area (Å²) >= 11 is 5.99. The lowest BCUT2D eigenvalue weighted by molar-refractivity contribution is -0.139. The van der Waals surface area contributed by atoms with Gasteiger partial charge in [-0.3, -0.25) is 4.79 Å². The molecular formula is C27H25ClF3N3O3.